The Hall–Kier alpha value is -2.51. The number of rotatable bonds is 6. The molecule has 0 spiro atoms. The summed E-state index contributed by atoms with van der Waals surface area (Å²) in [6.07, 6.45) is -0.384. The van der Waals surface area contributed by atoms with E-state index in [0.717, 1.165) is 18.2 Å². The molecular weight excluding hydrogens is 271 g/mol. The Balaban J connectivity index is 2.80. The topological polar surface area (TPSA) is 110 Å². The molecule has 1 aromatic rings. The van der Waals surface area contributed by atoms with Gasteiger partial charge in [0, 0.05) is 18.9 Å². The fourth-order valence-electron chi connectivity index (χ4n) is 1.67. The van der Waals surface area contributed by atoms with Crippen LogP contribution in [-0.4, -0.2) is 21.9 Å². The van der Waals surface area contributed by atoms with Crippen LogP contribution in [0.3, 0.4) is 0 Å². The molecule has 0 aliphatic heterocycles. The fourth-order valence-corrected chi connectivity index (χ4v) is 1.67. The minimum absolute atomic E-state index is 0.169. The van der Waals surface area contributed by atoms with Crippen molar-refractivity contribution < 1.29 is 24.0 Å². The molecule has 0 bridgehead atoms. The third-order valence-corrected chi connectivity index (χ3v) is 2.51. The molecule has 20 heavy (non-hydrogen) atoms. The molecular formula is C12H13FN2O5. The number of hydrogen-bond acceptors (Lipinski definition) is 4. The Morgan fingerprint density at radius 2 is 2.10 bits per heavy atom. The van der Waals surface area contributed by atoms with Gasteiger partial charge in [0.2, 0.25) is 5.91 Å². The number of carbonyl (C=O) groups excluding carboxylic acids is 1. The van der Waals surface area contributed by atoms with E-state index in [1.807, 2.05) is 0 Å². The molecule has 0 saturated heterocycles. The van der Waals surface area contributed by atoms with Crippen molar-refractivity contribution in [1.82, 2.24) is 0 Å². The van der Waals surface area contributed by atoms with Gasteiger partial charge in [0.1, 0.15) is 0 Å². The maximum absolute atomic E-state index is 13.5. The summed E-state index contributed by atoms with van der Waals surface area (Å²) in [6.45, 7) is 1.55. The van der Waals surface area contributed by atoms with Crippen molar-refractivity contribution in [3.8, 4) is 0 Å². The average Bonchev–Trinajstić information content (AvgIpc) is 2.29. The Morgan fingerprint density at radius 3 is 2.65 bits per heavy atom. The van der Waals surface area contributed by atoms with Gasteiger partial charge in [-0.15, -0.1) is 0 Å². The third-order valence-electron chi connectivity index (χ3n) is 2.51. The van der Waals surface area contributed by atoms with Gasteiger partial charge in [-0.3, -0.25) is 19.7 Å². The van der Waals surface area contributed by atoms with E-state index in [9.17, 15) is 24.1 Å². The van der Waals surface area contributed by atoms with Crippen LogP contribution in [0.25, 0.3) is 0 Å². The number of aliphatic carboxylic acids is 1. The standard InChI is InChI=1S/C12H13FN2O5/c1-7(6-11(17)18)5-10(16)14-12-8(13)3-2-4-9(12)15(19)20/h2-4,7H,5-6H2,1H3,(H,14,16)(H,17,18). The number of nitrogens with one attached hydrogen (secondary N) is 1. The first-order valence-corrected chi connectivity index (χ1v) is 5.75. The van der Waals surface area contributed by atoms with Crippen molar-refractivity contribution in [3.05, 3.63) is 34.1 Å². The molecule has 1 rings (SSSR count). The lowest BCUT2D eigenvalue weighted by Crippen LogP contribution is -2.18. The number of anilines is 1. The highest BCUT2D eigenvalue weighted by Gasteiger charge is 2.21. The maximum Gasteiger partial charge on any atom is 0.303 e. The first-order chi connectivity index (χ1) is 9.31. The van der Waals surface area contributed by atoms with E-state index in [2.05, 4.69) is 5.32 Å². The van der Waals surface area contributed by atoms with Crippen LogP contribution in [0.15, 0.2) is 18.2 Å². The van der Waals surface area contributed by atoms with Crippen molar-refractivity contribution in [3.63, 3.8) is 0 Å². The van der Waals surface area contributed by atoms with E-state index in [0.29, 0.717) is 0 Å². The second kappa shape index (κ2) is 6.60. The minimum Gasteiger partial charge on any atom is -0.481 e. The van der Waals surface area contributed by atoms with Gasteiger partial charge in [-0.25, -0.2) is 4.39 Å². The Morgan fingerprint density at radius 1 is 1.45 bits per heavy atom. The molecule has 1 amide bonds. The Labute approximate surface area is 113 Å². The van der Waals surface area contributed by atoms with Crippen molar-refractivity contribution in [2.45, 2.75) is 19.8 Å². The lowest BCUT2D eigenvalue weighted by Gasteiger charge is -2.10. The summed E-state index contributed by atoms with van der Waals surface area (Å²) in [5.74, 6) is -3.11. The van der Waals surface area contributed by atoms with Crippen LogP contribution in [0.4, 0.5) is 15.8 Å². The SMILES string of the molecule is CC(CC(=O)O)CC(=O)Nc1c(F)cccc1[N+](=O)[O-]. The number of carboxylic acid groups (broad SMARTS) is 1. The van der Waals surface area contributed by atoms with Gasteiger partial charge < -0.3 is 10.4 Å². The number of nitro groups is 1. The van der Waals surface area contributed by atoms with E-state index in [-0.39, 0.29) is 12.8 Å². The first kappa shape index (κ1) is 15.5. The summed E-state index contributed by atoms with van der Waals surface area (Å²) in [7, 11) is 0. The number of halogens is 1. The summed E-state index contributed by atoms with van der Waals surface area (Å²) in [4.78, 5) is 32.0. The average molecular weight is 284 g/mol. The quantitative estimate of drug-likeness (QED) is 0.614. The summed E-state index contributed by atoms with van der Waals surface area (Å²) in [5, 5.41) is 21.4. The highest BCUT2D eigenvalue weighted by atomic mass is 19.1. The molecule has 1 aromatic carbocycles. The van der Waals surface area contributed by atoms with E-state index in [1.54, 1.807) is 6.92 Å². The Kier molecular flexibility index (Phi) is 5.13. The zero-order valence-corrected chi connectivity index (χ0v) is 10.6. The van der Waals surface area contributed by atoms with Gasteiger partial charge in [-0.05, 0) is 12.0 Å². The van der Waals surface area contributed by atoms with Crippen molar-refractivity contribution >= 4 is 23.3 Å². The van der Waals surface area contributed by atoms with Crippen molar-refractivity contribution in [2.24, 2.45) is 5.92 Å². The lowest BCUT2D eigenvalue weighted by molar-refractivity contribution is -0.384. The molecule has 0 heterocycles. The first-order valence-electron chi connectivity index (χ1n) is 5.75. The smallest absolute Gasteiger partial charge is 0.303 e. The summed E-state index contributed by atoms with van der Waals surface area (Å²) in [6, 6.07) is 3.22. The molecule has 7 nitrogen and oxygen atoms in total. The number of carbonyl (C=O) groups is 2. The molecule has 108 valence electrons. The van der Waals surface area contributed by atoms with Crippen LogP contribution in [0.5, 0.6) is 0 Å². The predicted octanol–water partition coefficient (Wildman–Crippen LogP) is 2.17. The molecule has 0 saturated carbocycles. The third kappa shape index (κ3) is 4.30. The highest BCUT2D eigenvalue weighted by Crippen LogP contribution is 2.27. The summed E-state index contributed by atoms with van der Waals surface area (Å²) < 4.78 is 13.5. The monoisotopic (exact) mass is 284 g/mol. The number of amides is 1. The molecule has 0 aliphatic carbocycles. The van der Waals surface area contributed by atoms with E-state index in [1.165, 1.54) is 0 Å². The number of nitro benzene ring substituents is 1. The fraction of sp³-hybridized carbons (Fsp3) is 0.333. The summed E-state index contributed by atoms with van der Waals surface area (Å²) in [5.41, 5.74) is -1.06. The lowest BCUT2D eigenvalue weighted by atomic mass is 10.0. The minimum atomic E-state index is -1.05. The van der Waals surface area contributed by atoms with Gasteiger partial charge >= 0.3 is 5.97 Å². The van der Waals surface area contributed by atoms with Crippen LogP contribution >= 0.6 is 0 Å². The normalized spacial score (nSPS) is 11.7. The molecule has 0 aliphatic rings. The molecule has 8 heteroatoms. The Bertz CT molecular complexity index is 547. The van der Waals surface area contributed by atoms with Gasteiger partial charge in [-0.2, -0.15) is 0 Å². The molecule has 2 N–H and O–H groups in total. The number of carboxylic acids is 1. The maximum atomic E-state index is 13.5. The van der Waals surface area contributed by atoms with E-state index < -0.39 is 39.9 Å². The molecule has 0 fully saturated rings. The molecule has 1 unspecified atom stereocenters. The van der Waals surface area contributed by atoms with Crippen LogP contribution in [0.1, 0.15) is 19.8 Å². The number of nitrogens with zero attached hydrogens (tertiary/aromatic N) is 1. The molecule has 1 atom stereocenters. The van der Waals surface area contributed by atoms with Crippen LogP contribution in [0.2, 0.25) is 0 Å². The van der Waals surface area contributed by atoms with Gasteiger partial charge in [0.05, 0.1) is 4.92 Å². The highest BCUT2D eigenvalue weighted by molar-refractivity contribution is 5.93. The van der Waals surface area contributed by atoms with Crippen LogP contribution in [0, 0.1) is 21.8 Å². The number of para-hydroxylation sites is 1. The van der Waals surface area contributed by atoms with Gasteiger partial charge in [0.15, 0.2) is 11.5 Å². The van der Waals surface area contributed by atoms with E-state index >= 15 is 0 Å². The molecule has 0 aromatic heterocycles. The van der Waals surface area contributed by atoms with Crippen molar-refractivity contribution in [1.29, 1.82) is 0 Å². The van der Waals surface area contributed by atoms with Crippen LogP contribution in [-0.2, 0) is 9.59 Å². The summed E-state index contributed by atoms with van der Waals surface area (Å²) >= 11 is 0. The second-order valence-corrected chi connectivity index (χ2v) is 4.35. The van der Waals surface area contributed by atoms with Crippen LogP contribution < -0.4 is 5.32 Å². The van der Waals surface area contributed by atoms with E-state index in [4.69, 9.17) is 5.11 Å². The zero-order chi connectivity index (χ0) is 15.3. The largest absolute Gasteiger partial charge is 0.481 e. The number of hydrogen-bond donors (Lipinski definition) is 2. The zero-order valence-electron chi connectivity index (χ0n) is 10.6. The van der Waals surface area contributed by atoms with Crippen molar-refractivity contribution in [2.75, 3.05) is 5.32 Å². The number of benzene rings is 1. The predicted molar refractivity (Wildman–Crippen MR) is 67.7 cm³/mol. The van der Waals surface area contributed by atoms with Gasteiger partial charge in [0.25, 0.3) is 5.69 Å². The molecule has 0 radical (unpaired) electrons. The second-order valence-electron chi connectivity index (χ2n) is 4.35. The van der Waals surface area contributed by atoms with Gasteiger partial charge in [-0.1, -0.05) is 13.0 Å².